The standard InChI is InChI=1S/C11H20N4O/c1-2-16-9-11-8-15(14-13-11)7-10-5-3-4-6-12-10/h8,10,12H,2-7,9H2,1H3/t10-/m1/s1. The number of hydrogen-bond acceptors (Lipinski definition) is 4. The Morgan fingerprint density at radius 3 is 3.25 bits per heavy atom. The molecule has 1 aromatic rings. The lowest BCUT2D eigenvalue weighted by atomic mass is 10.1. The molecule has 16 heavy (non-hydrogen) atoms. The van der Waals surface area contributed by atoms with Gasteiger partial charge >= 0.3 is 0 Å². The molecule has 5 nitrogen and oxygen atoms in total. The Labute approximate surface area is 96.2 Å². The van der Waals surface area contributed by atoms with Gasteiger partial charge < -0.3 is 10.1 Å². The van der Waals surface area contributed by atoms with Crippen LogP contribution in [0.2, 0.25) is 0 Å². The van der Waals surface area contributed by atoms with Gasteiger partial charge in [-0.2, -0.15) is 0 Å². The van der Waals surface area contributed by atoms with Gasteiger partial charge in [0.1, 0.15) is 5.69 Å². The molecule has 0 aromatic carbocycles. The molecule has 0 saturated carbocycles. The first kappa shape index (κ1) is 11.5. The third-order valence-corrected chi connectivity index (χ3v) is 2.86. The zero-order valence-corrected chi connectivity index (χ0v) is 9.85. The molecule has 2 rings (SSSR count). The molecule has 0 aliphatic carbocycles. The van der Waals surface area contributed by atoms with Crippen molar-refractivity contribution in [2.24, 2.45) is 0 Å². The van der Waals surface area contributed by atoms with E-state index in [0.29, 0.717) is 12.6 Å². The smallest absolute Gasteiger partial charge is 0.108 e. The van der Waals surface area contributed by atoms with Crippen LogP contribution in [-0.2, 0) is 17.9 Å². The lowest BCUT2D eigenvalue weighted by Gasteiger charge is -2.22. The SMILES string of the molecule is CCOCc1cn(C[C@H]2CCCCN2)nn1. The molecule has 5 heteroatoms. The Balaban J connectivity index is 1.81. The molecule has 1 aliphatic rings. The largest absolute Gasteiger partial charge is 0.375 e. The highest BCUT2D eigenvalue weighted by Crippen LogP contribution is 2.08. The van der Waals surface area contributed by atoms with Crippen molar-refractivity contribution in [3.63, 3.8) is 0 Å². The Hall–Kier alpha value is -0.940. The molecule has 90 valence electrons. The molecule has 2 heterocycles. The minimum Gasteiger partial charge on any atom is -0.375 e. The van der Waals surface area contributed by atoms with Crippen LogP contribution in [0.3, 0.4) is 0 Å². The maximum Gasteiger partial charge on any atom is 0.108 e. The second-order valence-corrected chi connectivity index (χ2v) is 4.22. The second-order valence-electron chi connectivity index (χ2n) is 4.22. The van der Waals surface area contributed by atoms with E-state index in [0.717, 1.165) is 25.4 Å². The quantitative estimate of drug-likeness (QED) is 0.809. The van der Waals surface area contributed by atoms with Gasteiger partial charge in [0, 0.05) is 12.6 Å². The van der Waals surface area contributed by atoms with Crippen molar-refractivity contribution in [3.8, 4) is 0 Å². The molecule has 1 atom stereocenters. The minimum absolute atomic E-state index is 0.551. The summed E-state index contributed by atoms with van der Waals surface area (Å²) in [4.78, 5) is 0. The first-order chi connectivity index (χ1) is 7.88. The van der Waals surface area contributed by atoms with E-state index in [-0.39, 0.29) is 0 Å². The van der Waals surface area contributed by atoms with Gasteiger partial charge in [-0.3, -0.25) is 4.68 Å². The van der Waals surface area contributed by atoms with Crippen LogP contribution in [0.25, 0.3) is 0 Å². The highest BCUT2D eigenvalue weighted by molar-refractivity contribution is 4.90. The molecule has 1 fully saturated rings. The zero-order valence-electron chi connectivity index (χ0n) is 9.85. The summed E-state index contributed by atoms with van der Waals surface area (Å²) in [5, 5.41) is 11.7. The van der Waals surface area contributed by atoms with Crippen molar-refractivity contribution in [3.05, 3.63) is 11.9 Å². The molecule has 1 aliphatic heterocycles. The van der Waals surface area contributed by atoms with E-state index in [4.69, 9.17) is 4.74 Å². The monoisotopic (exact) mass is 224 g/mol. The number of piperidine rings is 1. The van der Waals surface area contributed by atoms with Gasteiger partial charge in [-0.25, -0.2) is 0 Å². The van der Waals surface area contributed by atoms with Gasteiger partial charge in [-0.15, -0.1) is 5.10 Å². The second kappa shape index (κ2) is 5.96. The minimum atomic E-state index is 0.551. The van der Waals surface area contributed by atoms with Gasteiger partial charge in [0.15, 0.2) is 0 Å². The highest BCUT2D eigenvalue weighted by atomic mass is 16.5. The van der Waals surface area contributed by atoms with Gasteiger partial charge in [0.25, 0.3) is 0 Å². The van der Waals surface area contributed by atoms with Crippen LogP contribution in [0.5, 0.6) is 0 Å². The number of aromatic nitrogens is 3. The number of rotatable bonds is 5. The lowest BCUT2D eigenvalue weighted by Crippen LogP contribution is -2.37. The molecule has 0 radical (unpaired) electrons. The van der Waals surface area contributed by atoms with Crippen LogP contribution in [0.15, 0.2) is 6.20 Å². The molecule has 1 N–H and O–H groups in total. The van der Waals surface area contributed by atoms with Crippen molar-refractivity contribution in [1.82, 2.24) is 20.3 Å². The summed E-state index contributed by atoms with van der Waals surface area (Å²) in [7, 11) is 0. The maximum atomic E-state index is 5.29. The van der Waals surface area contributed by atoms with Crippen LogP contribution in [-0.4, -0.2) is 34.2 Å². The van der Waals surface area contributed by atoms with E-state index >= 15 is 0 Å². The molecular weight excluding hydrogens is 204 g/mol. The number of nitrogens with zero attached hydrogens (tertiary/aromatic N) is 3. The summed E-state index contributed by atoms with van der Waals surface area (Å²) >= 11 is 0. The number of ether oxygens (including phenoxy) is 1. The van der Waals surface area contributed by atoms with E-state index in [1.54, 1.807) is 0 Å². The van der Waals surface area contributed by atoms with Crippen molar-refractivity contribution < 1.29 is 4.74 Å². The Morgan fingerprint density at radius 1 is 1.56 bits per heavy atom. The van der Waals surface area contributed by atoms with Crippen LogP contribution in [0.4, 0.5) is 0 Å². The topological polar surface area (TPSA) is 52.0 Å². The van der Waals surface area contributed by atoms with Crippen LogP contribution >= 0.6 is 0 Å². The number of hydrogen-bond donors (Lipinski definition) is 1. The third kappa shape index (κ3) is 3.28. The fraction of sp³-hybridized carbons (Fsp3) is 0.818. The molecule has 0 spiro atoms. The highest BCUT2D eigenvalue weighted by Gasteiger charge is 2.13. The van der Waals surface area contributed by atoms with Gasteiger partial charge in [0.05, 0.1) is 19.3 Å². The van der Waals surface area contributed by atoms with Crippen molar-refractivity contribution in [2.45, 2.75) is 45.4 Å². The van der Waals surface area contributed by atoms with Gasteiger partial charge in [0.2, 0.25) is 0 Å². The fourth-order valence-corrected chi connectivity index (χ4v) is 2.01. The summed E-state index contributed by atoms with van der Waals surface area (Å²) < 4.78 is 7.21. The van der Waals surface area contributed by atoms with Gasteiger partial charge in [-0.1, -0.05) is 11.6 Å². The molecule has 1 aromatic heterocycles. The first-order valence-corrected chi connectivity index (χ1v) is 6.08. The summed E-state index contributed by atoms with van der Waals surface area (Å²) in [6, 6.07) is 0.551. The van der Waals surface area contributed by atoms with Crippen molar-refractivity contribution >= 4 is 0 Å². The van der Waals surface area contributed by atoms with Crippen LogP contribution in [0.1, 0.15) is 31.9 Å². The Bertz CT molecular complexity index is 307. The van der Waals surface area contributed by atoms with E-state index in [1.165, 1.54) is 19.3 Å². The van der Waals surface area contributed by atoms with Gasteiger partial charge in [-0.05, 0) is 26.3 Å². The van der Waals surface area contributed by atoms with Crippen LogP contribution in [0, 0.1) is 0 Å². The summed E-state index contributed by atoms with van der Waals surface area (Å²) in [5.74, 6) is 0. The van der Waals surface area contributed by atoms with E-state index in [2.05, 4.69) is 15.6 Å². The van der Waals surface area contributed by atoms with E-state index in [9.17, 15) is 0 Å². The predicted octanol–water partition coefficient (Wildman–Crippen LogP) is 0.957. The first-order valence-electron chi connectivity index (χ1n) is 6.08. The molecular formula is C11H20N4O. The Kier molecular flexibility index (Phi) is 4.30. The van der Waals surface area contributed by atoms with E-state index in [1.807, 2.05) is 17.8 Å². The Morgan fingerprint density at radius 2 is 2.50 bits per heavy atom. The van der Waals surface area contributed by atoms with Crippen LogP contribution < -0.4 is 5.32 Å². The molecule has 0 amide bonds. The summed E-state index contributed by atoms with van der Waals surface area (Å²) in [5.41, 5.74) is 0.914. The fourth-order valence-electron chi connectivity index (χ4n) is 2.01. The molecule has 0 bridgehead atoms. The molecule has 1 saturated heterocycles. The third-order valence-electron chi connectivity index (χ3n) is 2.86. The van der Waals surface area contributed by atoms with Crippen molar-refractivity contribution in [1.29, 1.82) is 0 Å². The summed E-state index contributed by atoms with van der Waals surface area (Å²) in [6.07, 6.45) is 5.83. The number of nitrogens with one attached hydrogen (secondary N) is 1. The average molecular weight is 224 g/mol. The van der Waals surface area contributed by atoms with Crippen molar-refractivity contribution in [2.75, 3.05) is 13.2 Å². The normalized spacial score (nSPS) is 21.2. The average Bonchev–Trinajstić information content (AvgIpc) is 2.75. The zero-order chi connectivity index (χ0) is 11.2. The molecule has 0 unspecified atom stereocenters. The predicted molar refractivity (Wildman–Crippen MR) is 61.0 cm³/mol. The maximum absolute atomic E-state index is 5.29. The lowest BCUT2D eigenvalue weighted by molar-refractivity contribution is 0.131. The van der Waals surface area contributed by atoms with E-state index < -0.39 is 0 Å². The summed E-state index contributed by atoms with van der Waals surface area (Å²) in [6.45, 7) is 5.31.